The maximum absolute atomic E-state index is 3.70. The maximum Gasteiger partial charge on any atom is 0.0551 e. The van der Waals surface area contributed by atoms with Crippen molar-refractivity contribution in [3.05, 3.63) is 0 Å². The Morgan fingerprint density at radius 1 is 0.789 bits per heavy atom. The zero-order valence-corrected chi connectivity index (χ0v) is 14.8. The fraction of sp³-hybridized carbons (Fsp3) is 1.00. The molecule has 1 saturated heterocycles. The van der Waals surface area contributed by atoms with Crippen LogP contribution in [0.3, 0.4) is 0 Å². The van der Waals surface area contributed by atoms with Crippen LogP contribution in [-0.2, 0) is 0 Å². The molecule has 0 bridgehead atoms. The molecular formula is C16H33NS2. The van der Waals surface area contributed by atoms with Crippen LogP contribution in [0, 0.1) is 0 Å². The highest BCUT2D eigenvalue weighted by Crippen LogP contribution is 2.35. The lowest BCUT2D eigenvalue weighted by atomic mass is 10.1. The molecule has 1 fully saturated rings. The summed E-state index contributed by atoms with van der Waals surface area (Å²) in [6.07, 6.45) is 14.3. The monoisotopic (exact) mass is 303 g/mol. The van der Waals surface area contributed by atoms with Crippen LogP contribution in [0.15, 0.2) is 0 Å². The molecule has 1 N–H and O–H groups in total. The van der Waals surface area contributed by atoms with Crippen LogP contribution >= 0.6 is 23.5 Å². The van der Waals surface area contributed by atoms with Gasteiger partial charge in [-0.05, 0) is 20.3 Å². The van der Waals surface area contributed by atoms with Gasteiger partial charge in [-0.1, -0.05) is 64.7 Å². The van der Waals surface area contributed by atoms with Crippen molar-refractivity contribution in [1.82, 2.24) is 5.32 Å². The highest BCUT2D eigenvalue weighted by molar-refractivity contribution is 8.18. The van der Waals surface area contributed by atoms with Crippen LogP contribution in [0.25, 0.3) is 0 Å². The van der Waals surface area contributed by atoms with Crippen molar-refractivity contribution in [1.29, 1.82) is 0 Å². The second kappa shape index (κ2) is 11.3. The van der Waals surface area contributed by atoms with E-state index in [1.807, 2.05) is 0 Å². The Morgan fingerprint density at radius 3 is 1.95 bits per heavy atom. The van der Waals surface area contributed by atoms with Crippen molar-refractivity contribution in [3.8, 4) is 0 Å². The van der Waals surface area contributed by atoms with Crippen molar-refractivity contribution >= 4 is 23.5 Å². The van der Waals surface area contributed by atoms with Gasteiger partial charge in [0, 0.05) is 0 Å². The summed E-state index contributed by atoms with van der Waals surface area (Å²) in [4.78, 5) is 0. The second-order valence-electron chi connectivity index (χ2n) is 5.75. The molecule has 0 saturated carbocycles. The number of hydrogen-bond acceptors (Lipinski definition) is 3. The lowest BCUT2D eigenvalue weighted by Crippen LogP contribution is -2.38. The van der Waals surface area contributed by atoms with Crippen molar-refractivity contribution < 1.29 is 0 Å². The van der Waals surface area contributed by atoms with E-state index in [0.717, 1.165) is 4.58 Å². The molecule has 0 aromatic rings. The Labute approximate surface area is 129 Å². The molecule has 0 aliphatic carbocycles. The molecule has 1 rings (SSSR count). The highest BCUT2D eigenvalue weighted by Gasteiger charge is 2.23. The average molecular weight is 304 g/mol. The van der Waals surface area contributed by atoms with E-state index >= 15 is 0 Å². The van der Waals surface area contributed by atoms with Gasteiger partial charge in [0.05, 0.1) is 15.3 Å². The molecule has 0 aromatic carbocycles. The summed E-state index contributed by atoms with van der Waals surface area (Å²) in [6.45, 7) is 6.93. The van der Waals surface area contributed by atoms with Gasteiger partial charge in [-0.15, -0.1) is 23.5 Å². The molecule has 0 radical (unpaired) electrons. The number of hydrogen-bond donors (Lipinski definition) is 1. The molecule has 0 aromatic heterocycles. The third kappa shape index (κ3) is 9.25. The van der Waals surface area contributed by atoms with Crippen molar-refractivity contribution in [3.63, 3.8) is 0 Å². The van der Waals surface area contributed by atoms with E-state index in [0.29, 0.717) is 10.7 Å². The molecule has 0 amide bonds. The van der Waals surface area contributed by atoms with E-state index in [9.17, 15) is 0 Å². The molecule has 3 atom stereocenters. The molecule has 1 aliphatic rings. The third-order valence-corrected chi connectivity index (χ3v) is 6.42. The summed E-state index contributed by atoms with van der Waals surface area (Å²) in [5, 5.41) is 5.04. The standard InChI is InChI=1S/C16H33NS2/c1-4-5-6-7-8-9-10-11-12-13-16-17-14(2)18-15(3)19-16/h14-17H,4-13H2,1-3H3. The Kier molecular flexibility index (Phi) is 10.6. The van der Waals surface area contributed by atoms with E-state index in [-0.39, 0.29) is 0 Å². The quantitative estimate of drug-likeness (QED) is 0.497. The van der Waals surface area contributed by atoms with Gasteiger partial charge in [0.1, 0.15) is 0 Å². The van der Waals surface area contributed by atoms with Gasteiger partial charge in [-0.2, -0.15) is 0 Å². The maximum atomic E-state index is 3.70. The molecule has 19 heavy (non-hydrogen) atoms. The first-order chi connectivity index (χ1) is 9.22. The van der Waals surface area contributed by atoms with Gasteiger partial charge in [0.25, 0.3) is 0 Å². The third-order valence-electron chi connectivity index (χ3n) is 3.74. The summed E-state index contributed by atoms with van der Waals surface area (Å²) >= 11 is 4.17. The summed E-state index contributed by atoms with van der Waals surface area (Å²) in [5.74, 6) is 0. The van der Waals surface area contributed by atoms with Crippen LogP contribution in [0.2, 0.25) is 0 Å². The minimum absolute atomic E-state index is 0.639. The predicted molar refractivity (Wildman–Crippen MR) is 92.9 cm³/mol. The Bertz CT molecular complexity index is 201. The zero-order valence-electron chi connectivity index (χ0n) is 13.1. The number of thioether (sulfide) groups is 2. The topological polar surface area (TPSA) is 12.0 Å². The summed E-state index contributed by atoms with van der Waals surface area (Å²) in [7, 11) is 0. The largest absolute Gasteiger partial charge is 0.294 e. The van der Waals surface area contributed by atoms with Crippen LogP contribution in [0.1, 0.15) is 85.0 Å². The van der Waals surface area contributed by atoms with Crippen LogP contribution < -0.4 is 5.32 Å². The second-order valence-corrected chi connectivity index (χ2v) is 9.29. The smallest absolute Gasteiger partial charge is 0.0551 e. The van der Waals surface area contributed by atoms with E-state index in [2.05, 4.69) is 49.6 Å². The van der Waals surface area contributed by atoms with Crippen LogP contribution in [-0.4, -0.2) is 15.3 Å². The van der Waals surface area contributed by atoms with Gasteiger partial charge in [0.15, 0.2) is 0 Å². The Balaban J connectivity index is 1.87. The molecule has 1 heterocycles. The highest BCUT2D eigenvalue weighted by atomic mass is 32.2. The fourth-order valence-corrected chi connectivity index (χ4v) is 5.79. The Hall–Kier alpha value is 0.660. The van der Waals surface area contributed by atoms with Crippen LogP contribution in [0.4, 0.5) is 0 Å². The molecule has 3 unspecified atom stereocenters. The first-order valence-corrected chi connectivity index (χ1v) is 10.2. The van der Waals surface area contributed by atoms with Gasteiger partial charge >= 0.3 is 0 Å². The van der Waals surface area contributed by atoms with Crippen molar-refractivity contribution in [2.24, 2.45) is 0 Å². The first kappa shape index (κ1) is 17.7. The molecule has 0 spiro atoms. The Morgan fingerprint density at radius 2 is 1.37 bits per heavy atom. The van der Waals surface area contributed by atoms with Gasteiger partial charge in [-0.25, -0.2) is 0 Å². The first-order valence-electron chi connectivity index (χ1n) is 8.29. The molecule has 114 valence electrons. The van der Waals surface area contributed by atoms with E-state index < -0.39 is 0 Å². The molecule has 1 nitrogen and oxygen atoms in total. The summed E-state index contributed by atoms with van der Waals surface area (Å²) in [5.41, 5.74) is 0. The fourth-order valence-electron chi connectivity index (χ4n) is 2.68. The number of unbranched alkanes of at least 4 members (excludes halogenated alkanes) is 8. The van der Waals surface area contributed by atoms with Gasteiger partial charge in [-0.3, -0.25) is 5.32 Å². The minimum atomic E-state index is 0.639. The molecular weight excluding hydrogens is 270 g/mol. The van der Waals surface area contributed by atoms with E-state index in [1.165, 1.54) is 64.2 Å². The van der Waals surface area contributed by atoms with Gasteiger partial charge in [0.2, 0.25) is 0 Å². The number of nitrogens with one attached hydrogen (secondary N) is 1. The predicted octanol–water partition coefficient (Wildman–Crippen LogP) is 6.00. The van der Waals surface area contributed by atoms with Crippen molar-refractivity contribution in [2.45, 2.75) is 100 Å². The summed E-state index contributed by atoms with van der Waals surface area (Å²) < 4.78 is 0.764. The van der Waals surface area contributed by atoms with E-state index in [4.69, 9.17) is 0 Å². The zero-order chi connectivity index (χ0) is 13.9. The lowest BCUT2D eigenvalue weighted by molar-refractivity contribution is 0.527. The van der Waals surface area contributed by atoms with E-state index in [1.54, 1.807) is 0 Å². The van der Waals surface area contributed by atoms with Gasteiger partial charge < -0.3 is 0 Å². The van der Waals surface area contributed by atoms with Crippen molar-refractivity contribution in [2.75, 3.05) is 0 Å². The molecule has 1 aliphatic heterocycles. The van der Waals surface area contributed by atoms with Crippen LogP contribution in [0.5, 0.6) is 0 Å². The lowest BCUT2D eigenvalue weighted by Gasteiger charge is -2.32. The average Bonchev–Trinajstić information content (AvgIpc) is 2.36. The minimum Gasteiger partial charge on any atom is -0.294 e. The summed E-state index contributed by atoms with van der Waals surface area (Å²) in [6, 6.07) is 0. The SMILES string of the molecule is CCCCCCCCCCCC1NC(C)SC(C)S1. The number of rotatable bonds is 10. The molecule has 3 heteroatoms. The normalized spacial score (nSPS) is 27.6.